The number of fused-ring (bicyclic) bond motifs is 1. The summed E-state index contributed by atoms with van der Waals surface area (Å²) < 4.78 is 40.7. The number of rotatable bonds is 5. The number of aromatic nitrogens is 2. The summed E-state index contributed by atoms with van der Waals surface area (Å²) in [6, 6.07) is 4.45. The minimum atomic E-state index is -4.19. The molecule has 1 N–H and O–H groups in total. The van der Waals surface area contributed by atoms with E-state index < -0.39 is 12.2 Å². The maximum absolute atomic E-state index is 12.9. The molecule has 1 fully saturated rings. The lowest BCUT2D eigenvalue weighted by Crippen LogP contribution is -2.56. The maximum atomic E-state index is 12.9. The molecule has 28 heavy (non-hydrogen) atoms. The van der Waals surface area contributed by atoms with Crippen molar-refractivity contribution in [1.29, 1.82) is 0 Å². The van der Waals surface area contributed by atoms with Crippen molar-refractivity contribution in [1.82, 2.24) is 24.5 Å². The molecular weight excluding hydrogens is 369 g/mol. The fraction of sp³-hybridized carbons (Fsp3) is 0.579. The molecule has 1 unspecified atom stereocenters. The molecule has 9 heteroatoms. The molecule has 154 valence electrons. The van der Waals surface area contributed by atoms with Crippen LogP contribution in [-0.2, 0) is 6.42 Å². The molecule has 1 atom stereocenters. The molecule has 3 heterocycles. The van der Waals surface area contributed by atoms with Crippen molar-refractivity contribution in [2.75, 3.05) is 39.3 Å². The second-order valence-corrected chi connectivity index (χ2v) is 6.92. The topological polar surface area (TPSA) is 48.2 Å². The molecule has 0 aliphatic carbocycles. The van der Waals surface area contributed by atoms with Crippen molar-refractivity contribution >= 4 is 11.6 Å². The molecule has 0 aromatic carbocycles. The largest absolute Gasteiger partial charge is 0.403 e. The van der Waals surface area contributed by atoms with Crippen LogP contribution in [0.5, 0.6) is 0 Å². The third-order valence-corrected chi connectivity index (χ3v) is 5.01. The molecule has 3 rings (SSSR count). The molecule has 0 saturated carbocycles. The van der Waals surface area contributed by atoms with Gasteiger partial charge >= 0.3 is 6.18 Å². The van der Waals surface area contributed by atoms with Gasteiger partial charge in [-0.25, -0.2) is 4.98 Å². The summed E-state index contributed by atoms with van der Waals surface area (Å²) in [4.78, 5) is 12.7. The fourth-order valence-corrected chi connectivity index (χ4v) is 3.34. The smallest absolute Gasteiger partial charge is 0.357 e. The van der Waals surface area contributed by atoms with E-state index in [2.05, 4.69) is 15.3 Å². The average molecular weight is 396 g/mol. The van der Waals surface area contributed by atoms with Gasteiger partial charge in [-0.2, -0.15) is 13.2 Å². The first-order valence-corrected chi connectivity index (χ1v) is 9.65. The molecule has 0 amide bonds. The minimum Gasteiger partial charge on any atom is -0.357 e. The van der Waals surface area contributed by atoms with E-state index in [4.69, 9.17) is 0 Å². The van der Waals surface area contributed by atoms with Gasteiger partial charge in [-0.05, 0) is 26.0 Å². The van der Waals surface area contributed by atoms with Gasteiger partial charge in [0.1, 0.15) is 11.7 Å². The highest BCUT2D eigenvalue weighted by Gasteiger charge is 2.41. The van der Waals surface area contributed by atoms with Gasteiger partial charge in [0.05, 0.1) is 5.69 Å². The minimum absolute atomic E-state index is 0.373. The Labute approximate surface area is 163 Å². The van der Waals surface area contributed by atoms with E-state index in [1.807, 2.05) is 46.8 Å². The second kappa shape index (κ2) is 8.81. The summed E-state index contributed by atoms with van der Waals surface area (Å²) in [6.07, 6.45) is 0.478. The van der Waals surface area contributed by atoms with E-state index in [0.717, 1.165) is 17.3 Å². The lowest BCUT2D eigenvalue weighted by molar-refractivity contribution is -0.181. The van der Waals surface area contributed by atoms with E-state index >= 15 is 0 Å². The first-order chi connectivity index (χ1) is 13.4. The van der Waals surface area contributed by atoms with E-state index in [0.29, 0.717) is 45.7 Å². The Morgan fingerprint density at radius 3 is 2.64 bits per heavy atom. The van der Waals surface area contributed by atoms with E-state index in [-0.39, 0.29) is 0 Å². The van der Waals surface area contributed by atoms with Crippen LogP contribution in [0.3, 0.4) is 0 Å². The summed E-state index contributed by atoms with van der Waals surface area (Å²) in [5.41, 5.74) is 1.87. The number of aliphatic imine (C=N–C) groups is 1. The van der Waals surface area contributed by atoms with Gasteiger partial charge in [0.15, 0.2) is 5.96 Å². The zero-order valence-corrected chi connectivity index (χ0v) is 16.3. The number of nitrogens with one attached hydrogen (secondary N) is 1. The zero-order valence-electron chi connectivity index (χ0n) is 16.3. The van der Waals surface area contributed by atoms with Crippen LogP contribution in [-0.4, -0.2) is 76.6 Å². The Morgan fingerprint density at radius 2 is 2.00 bits per heavy atom. The fourth-order valence-electron chi connectivity index (χ4n) is 3.34. The van der Waals surface area contributed by atoms with Crippen LogP contribution in [0.15, 0.2) is 35.6 Å². The third kappa shape index (κ3) is 4.95. The van der Waals surface area contributed by atoms with Gasteiger partial charge in [0.2, 0.25) is 0 Å². The normalized spacial score (nSPS) is 17.9. The van der Waals surface area contributed by atoms with Crippen molar-refractivity contribution in [2.24, 2.45) is 4.99 Å². The predicted octanol–water partition coefficient (Wildman–Crippen LogP) is 2.41. The SMILES string of the molecule is CCNC(=NCCc1cn2ccccc2n1)N1CCN(C(C)C(F)(F)F)CC1. The molecule has 2 aromatic rings. The Morgan fingerprint density at radius 1 is 1.25 bits per heavy atom. The Bertz CT molecular complexity index is 759. The van der Waals surface area contributed by atoms with E-state index in [1.165, 1.54) is 11.8 Å². The Balaban J connectivity index is 1.57. The molecule has 0 spiro atoms. The van der Waals surface area contributed by atoms with Gasteiger partial charge in [-0.1, -0.05) is 6.07 Å². The molecule has 6 nitrogen and oxygen atoms in total. The van der Waals surface area contributed by atoms with Crippen LogP contribution in [0.4, 0.5) is 13.2 Å². The molecular formula is C19H27F3N6. The highest BCUT2D eigenvalue weighted by molar-refractivity contribution is 5.80. The number of hydrogen-bond donors (Lipinski definition) is 1. The first-order valence-electron chi connectivity index (χ1n) is 9.65. The number of halogens is 3. The monoisotopic (exact) mass is 396 g/mol. The van der Waals surface area contributed by atoms with Gasteiger partial charge in [0.25, 0.3) is 0 Å². The van der Waals surface area contributed by atoms with Crippen LogP contribution >= 0.6 is 0 Å². The Kier molecular flexibility index (Phi) is 6.43. The number of pyridine rings is 1. The summed E-state index contributed by atoms with van der Waals surface area (Å²) >= 11 is 0. The number of alkyl halides is 3. The predicted molar refractivity (Wildman–Crippen MR) is 104 cm³/mol. The molecule has 0 radical (unpaired) electrons. The third-order valence-electron chi connectivity index (χ3n) is 5.01. The lowest BCUT2D eigenvalue weighted by Gasteiger charge is -2.39. The van der Waals surface area contributed by atoms with Gasteiger partial charge in [0, 0.05) is 58.1 Å². The van der Waals surface area contributed by atoms with Crippen molar-refractivity contribution in [2.45, 2.75) is 32.5 Å². The summed E-state index contributed by atoms with van der Waals surface area (Å²) in [7, 11) is 0. The lowest BCUT2D eigenvalue weighted by atomic mass is 10.2. The van der Waals surface area contributed by atoms with Crippen molar-refractivity contribution in [3.05, 3.63) is 36.3 Å². The number of hydrogen-bond acceptors (Lipinski definition) is 3. The molecule has 1 aliphatic heterocycles. The molecule has 1 aliphatic rings. The Hall–Kier alpha value is -2.29. The summed E-state index contributed by atoms with van der Waals surface area (Å²) in [6.45, 7) is 6.30. The summed E-state index contributed by atoms with van der Waals surface area (Å²) in [5, 5.41) is 3.25. The van der Waals surface area contributed by atoms with Crippen LogP contribution in [0.25, 0.3) is 5.65 Å². The van der Waals surface area contributed by atoms with Crippen LogP contribution < -0.4 is 5.32 Å². The summed E-state index contributed by atoms with van der Waals surface area (Å²) in [5.74, 6) is 0.755. The van der Waals surface area contributed by atoms with Gasteiger partial charge in [-0.15, -0.1) is 0 Å². The van der Waals surface area contributed by atoms with Crippen molar-refractivity contribution < 1.29 is 13.2 Å². The second-order valence-electron chi connectivity index (χ2n) is 6.92. The highest BCUT2D eigenvalue weighted by Crippen LogP contribution is 2.25. The number of nitrogens with zero attached hydrogens (tertiary/aromatic N) is 5. The standard InChI is InChI=1S/C19H27F3N6/c1-3-23-18(27-12-10-26(11-13-27)15(2)19(20,21)22)24-8-7-16-14-28-9-5-4-6-17(28)25-16/h4-6,9,14-15H,3,7-8,10-13H2,1-2H3,(H,23,24). The van der Waals surface area contributed by atoms with Crippen LogP contribution in [0, 0.1) is 0 Å². The molecule has 0 bridgehead atoms. The number of piperazine rings is 1. The molecule has 2 aromatic heterocycles. The van der Waals surface area contributed by atoms with Crippen LogP contribution in [0.2, 0.25) is 0 Å². The van der Waals surface area contributed by atoms with Gasteiger partial charge in [-0.3, -0.25) is 9.89 Å². The van der Waals surface area contributed by atoms with E-state index in [9.17, 15) is 13.2 Å². The maximum Gasteiger partial charge on any atom is 0.403 e. The molecule has 1 saturated heterocycles. The highest BCUT2D eigenvalue weighted by atomic mass is 19.4. The zero-order chi connectivity index (χ0) is 20.1. The number of guanidine groups is 1. The van der Waals surface area contributed by atoms with E-state index in [1.54, 1.807) is 0 Å². The van der Waals surface area contributed by atoms with Gasteiger partial charge < -0.3 is 14.6 Å². The van der Waals surface area contributed by atoms with Crippen molar-refractivity contribution in [3.8, 4) is 0 Å². The van der Waals surface area contributed by atoms with Crippen LogP contribution in [0.1, 0.15) is 19.5 Å². The quantitative estimate of drug-likeness (QED) is 0.623. The van der Waals surface area contributed by atoms with Crippen molar-refractivity contribution in [3.63, 3.8) is 0 Å². The average Bonchev–Trinajstić information content (AvgIpc) is 3.09. The number of imidazole rings is 1. The first kappa shape index (κ1) is 20.4.